The van der Waals surface area contributed by atoms with Gasteiger partial charge in [-0.1, -0.05) is 12.1 Å². The Balaban J connectivity index is 2.30. The van der Waals surface area contributed by atoms with Crippen LogP contribution < -0.4 is 5.32 Å². The first-order valence-electron chi connectivity index (χ1n) is 5.46. The summed E-state index contributed by atoms with van der Waals surface area (Å²) in [7, 11) is 0. The highest BCUT2D eigenvalue weighted by molar-refractivity contribution is 9.10. The van der Waals surface area contributed by atoms with Gasteiger partial charge >= 0.3 is 5.97 Å². The molecule has 5 heteroatoms. The lowest BCUT2D eigenvalue weighted by molar-refractivity contribution is -0.144. The molecule has 92 valence electrons. The minimum Gasteiger partial charge on any atom is -0.480 e. The molecule has 0 amide bonds. The number of rotatable bonds is 3. The van der Waals surface area contributed by atoms with Gasteiger partial charge in [-0.25, -0.2) is 4.39 Å². The molecule has 1 aliphatic heterocycles. The Bertz CT molecular complexity index is 444. The third-order valence-electron chi connectivity index (χ3n) is 3.18. The van der Waals surface area contributed by atoms with Crippen molar-refractivity contribution in [2.24, 2.45) is 0 Å². The van der Waals surface area contributed by atoms with Crippen LogP contribution in [0.25, 0.3) is 0 Å². The standard InChI is InChI=1S/C12H13BrFNO2/c13-10-8(3-1-4-9(10)14)7-12(11(16)17)5-2-6-15-12/h1,3-4,15H,2,5-7H2,(H,16,17). The van der Waals surface area contributed by atoms with Crippen LogP contribution in [0.15, 0.2) is 22.7 Å². The molecule has 0 aliphatic carbocycles. The van der Waals surface area contributed by atoms with Gasteiger partial charge in [0.15, 0.2) is 0 Å². The van der Waals surface area contributed by atoms with E-state index in [0.717, 1.165) is 6.42 Å². The second-order valence-electron chi connectivity index (χ2n) is 4.31. The van der Waals surface area contributed by atoms with Crippen LogP contribution >= 0.6 is 15.9 Å². The molecular formula is C12H13BrFNO2. The molecule has 0 saturated carbocycles. The molecule has 0 spiro atoms. The van der Waals surface area contributed by atoms with Crippen LogP contribution in [0.1, 0.15) is 18.4 Å². The molecular weight excluding hydrogens is 289 g/mol. The number of nitrogens with one attached hydrogen (secondary N) is 1. The van der Waals surface area contributed by atoms with E-state index in [4.69, 9.17) is 0 Å². The normalized spacial score (nSPS) is 23.9. The van der Waals surface area contributed by atoms with E-state index in [9.17, 15) is 14.3 Å². The van der Waals surface area contributed by atoms with Gasteiger partial charge in [0.05, 0.1) is 4.47 Å². The van der Waals surface area contributed by atoms with Crippen molar-refractivity contribution in [1.29, 1.82) is 0 Å². The molecule has 2 N–H and O–H groups in total. The highest BCUT2D eigenvalue weighted by Gasteiger charge is 2.41. The van der Waals surface area contributed by atoms with Crippen LogP contribution in [-0.4, -0.2) is 23.2 Å². The third kappa shape index (κ3) is 2.35. The van der Waals surface area contributed by atoms with Crippen LogP contribution in [0.5, 0.6) is 0 Å². The van der Waals surface area contributed by atoms with E-state index >= 15 is 0 Å². The zero-order valence-electron chi connectivity index (χ0n) is 9.17. The van der Waals surface area contributed by atoms with Crippen molar-refractivity contribution in [2.75, 3.05) is 6.54 Å². The zero-order valence-corrected chi connectivity index (χ0v) is 10.8. The van der Waals surface area contributed by atoms with Crippen LogP contribution in [-0.2, 0) is 11.2 Å². The minimum atomic E-state index is -0.948. The lowest BCUT2D eigenvalue weighted by Gasteiger charge is -2.25. The summed E-state index contributed by atoms with van der Waals surface area (Å²) in [6, 6.07) is 4.70. The topological polar surface area (TPSA) is 49.3 Å². The fourth-order valence-corrected chi connectivity index (χ4v) is 2.63. The van der Waals surface area contributed by atoms with Gasteiger partial charge in [0, 0.05) is 6.42 Å². The van der Waals surface area contributed by atoms with Crippen molar-refractivity contribution in [2.45, 2.75) is 24.8 Å². The van der Waals surface area contributed by atoms with Crippen LogP contribution in [0.2, 0.25) is 0 Å². The maximum atomic E-state index is 13.4. The average Bonchev–Trinajstić information content (AvgIpc) is 2.75. The van der Waals surface area contributed by atoms with E-state index < -0.39 is 11.5 Å². The molecule has 1 saturated heterocycles. The number of hydrogen-bond acceptors (Lipinski definition) is 2. The number of hydrogen-bond donors (Lipinski definition) is 2. The summed E-state index contributed by atoms with van der Waals surface area (Å²) in [4.78, 5) is 11.4. The van der Waals surface area contributed by atoms with Crippen molar-refractivity contribution >= 4 is 21.9 Å². The smallest absolute Gasteiger partial charge is 0.324 e. The van der Waals surface area contributed by atoms with Crippen molar-refractivity contribution in [3.63, 3.8) is 0 Å². The Morgan fingerprint density at radius 2 is 2.35 bits per heavy atom. The second kappa shape index (κ2) is 4.74. The van der Waals surface area contributed by atoms with Gasteiger partial charge in [0.2, 0.25) is 0 Å². The largest absolute Gasteiger partial charge is 0.480 e. The maximum Gasteiger partial charge on any atom is 0.324 e. The number of halogens is 2. The summed E-state index contributed by atoms with van der Waals surface area (Å²) < 4.78 is 13.7. The van der Waals surface area contributed by atoms with Gasteiger partial charge < -0.3 is 10.4 Å². The zero-order chi connectivity index (χ0) is 12.5. The molecule has 0 bridgehead atoms. The molecule has 3 nitrogen and oxygen atoms in total. The summed E-state index contributed by atoms with van der Waals surface area (Å²) in [6.07, 6.45) is 1.70. The molecule has 17 heavy (non-hydrogen) atoms. The van der Waals surface area contributed by atoms with E-state index in [0.29, 0.717) is 29.4 Å². The molecule has 1 heterocycles. The van der Waals surface area contributed by atoms with Gasteiger partial charge in [-0.3, -0.25) is 4.79 Å². The monoisotopic (exact) mass is 301 g/mol. The van der Waals surface area contributed by atoms with Gasteiger partial charge in [-0.15, -0.1) is 0 Å². The predicted molar refractivity (Wildman–Crippen MR) is 65.4 cm³/mol. The Labute approximate surface area is 107 Å². The van der Waals surface area contributed by atoms with Crippen LogP contribution in [0, 0.1) is 5.82 Å². The van der Waals surface area contributed by atoms with Gasteiger partial charge in [-0.2, -0.15) is 0 Å². The minimum absolute atomic E-state index is 0.292. The van der Waals surface area contributed by atoms with Gasteiger partial charge in [0.25, 0.3) is 0 Å². The van der Waals surface area contributed by atoms with Crippen molar-refractivity contribution < 1.29 is 14.3 Å². The molecule has 1 unspecified atom stereocenters. The fourth-order valence-electron chi connectivity index (χ4n) is 2.23. The van der Waals surface area contributed by atoms with E-state index in [1.165, 1.54) is 6.07 Å². The molecule has 1 atom stereocenters. The highest BCUT2D eigenvalue weighted by Crippen LogP contribution is 2.29. The van der Waals surface area contributed by atoms with Gasteiger partial charge in [-0.05, 0) is 46.9 Å². The van der Waals surface area contributed by atoms with E-state index in [1.807, 2.05) is 0 Å². The first-order chi connectivity index (χ1) is 8.05. The summed E-state index contributed by atoms with van der Waals surface area (Å²) in [5.41, 5.74) is -0.266. The lowest BCUT2D eigenvalue weighted by Crippen LogP contribution is -2.49. The van der Waals surface area contributed by atoms with Crippen LogP contribution in [0.3, 0.4) is 0 Å². The SMILES string of the molecule is O=C(O)C1(Cc2cccc(F)c2Br)CCCN1. The van der Waals surface area contributed by atoms with Crippen LogP contribution in [0.4, 0.5) is 4.39 Å². The lowest BCUT2D eigenvalue weighted by atomic mass is 9.89. The highest BCUT2D eigenvalue weighted by atomic mass is 79.9. The average molecular weight is 302 g/mol. The summed E-state index contributed by atoms with van der Waals surface area (Å²) in [5, 5.41) is 12.3. The molecule has 0 aromatic heterocycles. The number of carbonyl (C=O) groups is 1. The first-order valence-corrected chi connectivity index (χ1v) is 6.26. The molecule has 0 radical (unpaired) electrons. The Hall–Kier alpha value is -0.940. The molecule has 1 aliphatic rings. The maximum absolute atomic E-state index is 13.4. The molecule has 1 aromatic rings. The first kappa shape index (κ1) is 12.5. The number of aliphatic carboxylic acids is 1. The van der Waals surface area contributed by atoms with Crippen molar-refractivity contribution in [3.8, 4) is 0 Å². The van der Waals surface area contributed by atoms with Crippen molar-refractivity contribution in [1.82, 2.24) is 5.32 Å². The number of benzene rings is 1. The predicted octanol–water partition coefficient (Wildman–Crippen LogP) is 2.34. The third-order valence-corrected chi connectivity index (χ3v) is 4.06. The van der Waals surface area contributed by atoms with Crippen molar-refractivity contribution in [3.05, 3.63) is 34.1 Å². The molecule has 1 aromatic carbocycles. The van der Waals surface area contributed by atoms with E-state index in [-0.39, 0.29) is 5.82 Å². The quantitative estimate of drug-likeness (QED) is 0.901. The summed E-state index contributed by atoms with van der Waals surface area (Å²) in [5.74, 6) is -1.23. The van der Waals surface area contributed by atoms with E-state index in [2.05, 4.69) is 21.2 Å². The van der Waals surface area contributed by atoms with Gasteiger partial charge in [0.1, 0.15) is 11.4 Å². The number of carboxylic acid groups (broad SMARTS) is 1. The summed E-state index contributed by atoms with van der Waals surface area (Å²) >= 11 is 3.17. The Morgan fingerprint density at radius 1 is 1.59 bits per heavy atom. The molecule has 1 fully saturated rings. The fraction of sp³-hybridized carbons (Fsp3) is 0.417. The number of carboxylic acids is 1. The second-order valence-corrected chi connectivity index (χ2v) is 5.10. The Kier molecular flexibility index (Phi) is 3.49. The van der Waals surface area contributed by atoms with E-state index in [1.54, 1.807) is 12.1 Å². The Morgan fingerprint density at radius 3 is 2.94 bits per heavy atom. The summed E-state index contributed by atoms with van der Waals surface area (Å²) in [6.45, 7) is 0.694. The molecule has 2 rings (SSSR count).